The molecule has 0 aliphatic carbocycles. The predicted molar refractivity (Wildman–Crippen MR) is 112 cm³/mol. The third-order valence-corrected chi connectivity index (χ3v) is 4.79. The van der Waals surface area contributed by atoms with Crippen LogP contribution in [0.3, 0.4) is 0 Å². The van der Waals surface area contributed by atoms with E-state index < -0.39 is 0 Å². The average molecular weight is 395 g/mol. The summed E-state index contributed by atoms with van der Waals surface area (Å²) in [5, 5.41) is 5.60. The second-order valence-electron chi connectivity index (χ2n) is 7.67. The van der Waals surface area contributed by atoms with Crippen molar-refractivity contribution in [1.82, 2.24) is 10.2 Å². The van der Waals surface area contributed by atoms with E-state index in [4.69, 9.17) is 12.2 Å². The third kappa shape index (κ3) is 3.80. The monoisotopic (exact) mass is 395 g/mol. The van der Waals surface area contributed by atoms with Gasteiger partial charge in [-0.15, -0.1) is 0 Å². The van der Waals surface area contributed by atoms with Gasteiger partial charge in [-0.2, -0.15) is 0 Å². The second kappa shape index (κ2) is 7.16. The van der Waals surface area contributed by atoms with Crippen molar-refractivity contribution in [2.24, 2.45) is 0 Å². The van der Waals surface area contributed by atoms with Gasteiger partial charge in [-0.25, -0.2) is 0 Å². The van der Waals surface area contributed by atoms with Crippen molar-refractivity contribution in [1.29, 1.82) is 0 Å². The van der Waals surface area contributed by atoms with Crippen molar-refractivity contribution in [3.63, 3.8) is 0 Å². The normalized spacial score (nSPS) is 13.4. The van der Waals surface area contributed by atoms with E-state index in [0.29, 0.717) is 22.4 Å². The van der Waals surface area contributed by atoms with Gasteiger partial charge in [0.25, 0.3) is 17.7 Å². The summed E-state index contributed by atoms with van der Waals surface area (Å²) in [6, 6.07) is 12.1. The number of anilines is 1. The van der Waals surface area contributed by atoms with Crippen LogP contribution in [0, 0.1) is 0 Å². The van der Waals surface area contributed by atoms with E-state index in [1.807, 2.05) is 12.1 Å². The molecule has 3 amide bonds. The standard InChI is InChI=1S/C21H21N3O3S/c1-21(2,3)13-7-5-12(6-8-13)17(25)23-20(28)22-14-9-10-15-16(11-14)19(27)24(4)18(15)26/h5-11H,1-4H3,(H2,22,23,25,28). The lowest BCUT2D eigenvalue weighted by Gasteiger charge is -2.19. The maximum absolute atomic E-state index is 12.4. The lowest BCUT2D eigenvalue weighted by molar-refractivity contribution is 0.0692. The number of nitrogens with one attached hydrogen (secondary N) is 2. The number of carbonyl (C=O) groups excluding carboxylic acids is 3. The van der Waals surface area contributed by atoms with Crippen LogP contribution in [0.1, 0.15) is 57.4 Å². The van der Waals surface area contributed by atoms with Crippen LogP contribution >= 0.6 is 12.2 Å². The van der Waals surface area contributed by atoms with E-state index in [0.717, 1.165) is 10.5 Å². The van der Waals surface area contributed by atoms with Gasteiger partial charge in [0.05, 0.1) is 11.1 Å². The fourth-order valence-corrected chi connectivity index (χ4v) is 3.11. The van der Waals surface area contributed by atoms with Crippen molar-refractivity contribution in [2.45, 2.75) is 26.2 Å². The molecule has 0 unspecified atom stereocenters. The van der Waals surface area contributed by atoms with E-state index in [1.54, 1.807) is 30.3 Å². The first-order chi connectivity index (χ1) is 13.1. The van der Waals surface area contributed by atoms with E-state index >= 15 is 0 Å². The number of rotatable bonds is 2. The molecule has 2 N–H and O–H groups in total. The molecule has 2 aromatic carbocycles. The molecule has 2 aromatic rings. The molecule has 7 heteroatoms. The number of nitrogens with zero attached hydrogens (tertiary/aromatic N) is 1. The molecule has 0 spiro atoms. The highest BCUT2D eigenvalue weighted by Crippen LogP contribution is 2.25. The molecular weight excluding hydrogens is 374 g/mol. The zero-order valence-corrected chi connectivity index (χ0v) is 16.9. The Hall–Kier alpha value is -3.06. The Bertz CT molecular complexity index is 991. The molecule has 1 aliphatic heterocycles. The van der Waals surface area contributed by atoms with Gasteiger partial charge >= 0.3 is 0 Å². The molecule has 1 heterocycles. The Morgan fingerprint density at radius 1 is 0.964 bits per heavy atom. The van der Waals surface area contributed by atoms with E-state index in [-0.39, 0.29) is 28.2 Å². The second-order valence-corrected chi connectivity index (χ2v) is 8.07. The first kappa shape index (κ1) is 19.7. The molecule has 28 heavy (non-hydrogen) atoms. The Morgan fingerprint density at radius 3 is 2.18 bits per heavy atom. The SMILES string of the molecule is CN1C(=O)c2ccc(NC(=S)NC(=O)c3ccc(C(C)(C)C)cc3)cc2C1=O. The number of amides is 3. The number of carbonyl (C=O) groups is 3. The smallest absolute Gasteiger partial charge is 0.261 e. The lowest BCUT2D eigenvalue weighted by Crippen LogP contribution is -2.34. The van der Waals surface area contributed by atoms with Crippen LogP contribution in [-0.2, 0) is 5.41 Å². The van der Waals surface area contributed by atoms with Crippen molar-refractivity contribution < 1.29 is 14.4 Å². The topological polar surface area (TPSA) is 78.5 Å². The van der Waals surface area contributed by atoms with Crippen LogP contribution < -0.4 is 10.6 Å². The highest BCUT2D eigenvalue weighted by Gasteiger charge is 2.32. The Balaban J connectivity index is 1.67. The number of hydrogen-bond acceptors (Lipinski definition) is 4. The van der Waals surface area contributed by atoms with Gasteiger partial charge in [-0.05, 0) is 53.5 Å². The molecule has 3 rings (SSSR count). The maximum Gasteiger partial charge on any atom is 0.261 e. The molecule has 144 valence electrons. The third-order valence-electron chi connectivity index (χ3n) is 4.59. The van der Waals surface area contributed by atoms with E-state index in [9.17, 15) is 14.4 Å². The van der Waals surface area contributed by atoms with Gasteiger partial charge in [0.1, 0.15) is 0 Å². The molecule has 0 fully saturated rings. The van der Waals surface area contributed by atoms with Crippen molar-refractivity contribution in [3.8, 4) is 0 Å². The van der Waals surface area contributed by atoms with Crippen molar-refractivity contribution in [3.05, 3.63) is 64.7 Å². The minimum Gasteiger partial charge on any atom is -0.332 e. The average Bonchev–Trinajstić information content (AvgIpc) is 2.85. The van der Waals surface area contributed by atoms with Crippen molar-refractivity contribution in [2.75, 3.05) is 12.4 Å². The summed E-state index contributed by atoms with van der Waals surface area (Å²) >= 11 is 5.20. The number of imide groups is 1. The number of thiocarbonyl (C=S) groups is 1. The predicted octanol–water partition coefficient (Wildman–Crippen LogP) is 3.34. The highest BCUT2D eigenvalue weighted by atomic mass is 32.1. The summed E-state index contributed by atoms with van der Waals surface area (Å²) in [6.45, 7) is 6.31. The van der Waals surface area contributed by atoms with Crippen LogP contribution in [0.25, 0.3) is 0 Å². The molecule has 0 aromatic heterocycles. The Kier molecular flexibility index (Phi) is 5.04. The van der Waals surface area contributed by atoms with Crippen LogP contribution in [-0.4, -0.2) is 34.8 Å². The van der Waals surface area contributed by atoms with Gasteiger partial charge in [-0.3, -0.25) is 24.6 Å². The summed E-state index contributed by atoms with van der Waals surface area (Å²) in [6.07, 6.45) is 0. The van der Waals surface area contributed by atoms with Gasteiger partial charge in [0.15, 0.2) is 5.11 Å². The number of fused-ring (bicyclic) bond motifs is 1. The molecule has 6 nitrogen and oxygen atoms in total. The summed E-state index contributed by atoms with van der Waals surface area (Å²) in [7, 11) is 1.44. The minimum absolute atomic E-state index is 0.00627. The number of benzene rings is 2. The fraction of sp³-hybridized carbons (Fsp3) is 0.238. The summed E-state index contributed by atoms with van der Waals surface area (Å²) in [5.41, 5.74) is 2.81. The van der Waals surface area contributed by atoms with E-state index in [1.165, 1.54) is 7.05 Å². The molecule has 0 saturated carbocycles. The maximum atomic E-state index is 12.4. The molecule has 0 saturated heterocycles. The first-order valence-corrected chi connectivity index (χ1v) is 9.18. The van der Waals surface area contributed by atoms with Gasteiger partial charge in [0, 0.05) is 18.3 Å². The minimum atomic E-state index is -0.363. The molecular formula is C21H21N3O3S. The van der Waals surface area contributed by atoms with Crippen LogP contribution in [0.4, 0.5) is 5.69 Å². The zero-order chi connectivity index (χ0) is 20.6. The molecule has 1 aliphatic rings. The Morgan fingerprint density at radius 2 is 1.57 bits per heavy atom. The quantitative estimate of drug-likeness (QED) is 0.602. The van der Waals surface area contributed by atoms with Gasteiger partial charge < -0.3 is 5.32 Å². The summed E-state index contributed by atoms with van der Waals surface area (Å²) < 4.78 is 0. The van der Waals surface area contributed by atoms with Crippen LogP contribution in [0.2, 0.25) is 0 Å². The van der Waals surface area contributed by atoms with Crippen LogP contribution in [0.5, 0.6) is 0 Å². The summed E-state index contributed by atoms with van der Waals surface area (Å²) in [4.78, 5) is 37.5. The zero-order valence-electron chi connectivity index (χ0n) is 16.1. The van der Waals surface area contributed by atoms with Crippen LogP contribution in [0.15, 0.2) is 42.5 Å². The van der Waals surface area contributed by atoms with E-state index in [2.05, 4.69) is 31.4 Å². The molecule has 0 atom stereocenters. The first-order valence-electron chi connectivity index (χ1n) is 8.77. The highest BCUT2D eigenvalue weighted by molar-refractivity contribution is 7.80. The largest absolute Gasteiger partial charge is 0.332 e. The van der Waals surface area contributed by atoms with Gasteiger partial charge in [0.2, 0.25) is 0 Å². The molecule has 0 radical (unpaired) electrons. The Labute approximate surface area is 168 Å². The summed E-state index contributed by atoms with van der Waals surface area (Å²) in [5.74, 6) is -1.02. The molecule has 0 bridgehead atoms. The number of hydrogen-bond donors (Lipinski definition) is 2. The van der Waals surface area contributed by atoms with Crippen molar-refractivity contribution >= 4 is 40.7 Å². The lowest BCUT2D eigenvalue weighted by atomic mass is 9.87. The van der Waals surface area contributed by atoms with Gasteiger partial charge in [-0.1, -0.05) is 32.9 Å². The fourth-order valence-electron chi connectivity index (χ4n) is 2.90.